The quantitative estimate of drug-likeness (QED) is 0.548. The van der Waals surface area contributed by atoms with E-state index in [1.54, 1.807) is 0 Å². The first-order valence-corrected chi connectivity index (χ1v) is 12.2. The lowest BCUT2D eigenvalue weighted by Crippen LogP contribution is -2.48. The summed E-state index contributed by atoms with van der Waals surface area (Å²) in [7, 11) is -3.34. The Morgan fingerprint density at radius 1 is 1.15 bits per heavy atom. The molecule has 78 valence electrons. The molecular weight excluding hydrogens is 259 g/mol. The van der Waals surface area contributed by atoms with Crippen LogP contribution in [0.25, 0.3) is 0 Å². The third-order valence-corrected chi connectivity index (χ3v) is 10.9. The van der Waals surface area contributed by atoms with Crippen LogP contribution < -0.4 is 0 Å². The molecule has 0 saturated heterocycles. The van der Waals surface area contributed by atoms with E-state index in [-0.39, 0.29) is 0 Å². The van der Waals surface area contributed by atoms with Crippen LogP contribution in [0.2, 0.25) is 26.2 Å². The van der Waals surface area contributed by atoms with E-state index in [0.717, 1.165) is 0 Å². The Bertz CT molecular complexity index is 155. The van der Waals surface area contributed by atoms with Gasteiger partial charge in [0.05, 0.1) is 0 Å². The van der Waals surface area contributed by atoms with Crippen LogP contribution in [-0.4, -0.2) is 37.6 Å². The molecule has 0 saturated carbocycles. The Kier molecular flexibility index (Phi) is 6.41. The monoisotopic (exact) mass is 274 g/mol. The van der Waals surface area contributed by atoms with Gasteiger partial charge in [-0.1, -0.05) is 0 Å². The lowest BCUT2D eigenvalue weighted by Gasteiger charge is -2.31. The molecule has 0 rings (SSSR count). The van der Waals surface area contributed by atoms with Crippen LogP contribution in [0.5, 0.6) is 0 Å². The summed E-state index contributed by atoms with van der Waals surface area (Å²) in [5, 5.41) is 0. The van der Waals surface area contributed by atoms with E-state index in [2.05, 4.69) is 13.1 Å². The normalized spacial score (nSPS) is 13.4. The molecular formula is C6H16Cl2O2Si3. The van der Waals surface area contributed by atoms with E-state index in [1.807, 2.05) is 13.1 Å². The topological polar surface area (TPSA) is 18.5 Å². The van der Waals surface area contributed by atoms with Crippen LogP contribution in [0.1, 0.15) is 0 Å². The summed E-state index contributed by atoms with van der Waals surface area (Å²) in [6, 6.07) is 0. The molecule has 2 radical (unpaired) electrons. The molecule has 0 fully saturated rings. The van der Waals surface area contributed by atoms with Crippen LogP contribution in [0, 0.1) is 0 Å². The van der Waals surface area contributed by atoms with Crippen molar-refractivity contribution in [2.75, 3.05) is 11.0 Å². The summed E-state index contributed by atoms with van der Waals surface area (Å²) >= 11 is 11.4. The Morgan fingerprint density at radius 2 is 1.69 bits per heavy atom. The van der Waals surface area contributed by atoms with Crippen molar-refractivity contribution < 1.29 is 8.23 Å². The summed E-state index contributed by atoms with van der Waals surface area (Å²) < 4.78 is 11.6. The SMILES string of the molecule is C[Si](C)(CCl)O[Si](C)(C)O[Si]CCl. The van der Waals surface area contributed by atoms with Crippen molar-refractivity contribution in [1.82, 2.24) is 0 Å². The maximum atomic E-state index is 5.95. The van der Waals surface area contributed by atoms with Gasteiger partial charge in [0.2, 0.25) is 9.76 Å². The molecule has 0 spiro atoms. The number of rotatable bonds is 6. The average Bonchev–Trinajstić information content (AvgIpc) is 1.99. The van der Waals surface area contributed by atoms with E-state index in [9.17, 15) is 0 Å². The van der Waals surface area contributed by atoms with E-state index in [0.29, 0.717) is 20.8 Å². The van der Waals surface area contributed by atoms with Crippen LogP contribution in [0.3, 0.4) is 0 Å². The van der Waals surface area contributed by atoms with E-state index in [4.69, 9.17) is 31.4 Å². The zero-order valence-electron chi connectivity index (χ0n) is 8.49. The molecule has 0 aliphatic carbocycles. The van der Waals surface area contributed by atoms with Crippen molar-refractivity contribution in [3.05, 3.63) is 0 Å². The summed E-state index contributed by atoms with van der Waals surface area (Å²) in [6.07, 6.45) is 0. The Labute approximate surface area is 95.2 Å². The first-order chi connectivity index (χ1) is 5.83. The second-order valence-electron chi connectivity index (χ2n) is 3.78. The first-order valence-electron chi connectivity index (χ1n) is 4.06. The number of halogens is 2. The fourth-order valence-electron chi connectivity index (χ4n) is 0.915. The minimum absolute atomic E-state index is 0.335. The minimum atomic E-state index is -1.98. The van der Waals surface area contributed by atoms with Crippen LogP contribution >= 0.6 is 23.2 Å². The van der Waals surface area contributed by atoms with Gasteiger partial charge in [-0.3, -0.25) is 0 Å². The fourth-order valence-corrected chi connectivity index (χ4v) is 9.59. The smallest absolute Gasteiger partial charge is 0.311 e. The van der Waals surface area contributed by atoms with Gasteiger partial charge in [-0.2, -0.15) is 0 Å². The molecule has 0 amide bonds. The number of hydrogen-bond acceptors (Lipinski definition) is 2. The molecule has 0 unspecified atom stereocenters. The van der Waals surface area contributed by atoms with Crippen LogP contribution in [0.4, 0.5) is 0 Å². The maximum Gasteiger partial charge on any atom is 0.311 e. The van der Waals surface area contributed by atoms with Crippen LogP contribution in [-0.2, 0) is 8.23 Å². The van der Waals surface area contributed by atoms with Gasteiger partial charge in [-0.05, 0) is 26.2 Å². The molecule has 0 aliphatic heterocycles. The molecule has 0 N–H and O–H groups in total. The number of hydrogen-bond donors (Lipinski definition) is 0. The third-order valence-electron chi connectivity index (χ3n) is 1.22. The summed E-state index contributed by atoms with van der Waals surface area (Å²) in [5.74, 6) is 0. The van der Waals surface area contributed by atoms with E-state index >= 15 is 0 Å². The van der Waals surface area contributed by atoms with Crippen molar-refractivity contribution >= 4 is 49.8 Å². The van der Waals surface area contributed by atoms with Crippen molar-refractivity contribution in [1.29, 1.82) is 0 Å². The molecule has 0 aromatic heterocycles. The molecule has 0 heterocycles. The maximum absolute atomic E-state index is 5.95. The lowest BCUT2D eigenvalue weighted by molar-refractivity contribution is 0.411. The highest BCUT2D eigenvalue weighted by molar-refractivity contribution is 6.86. The molecule has 13 heavy (non-hydrogen) atoms. The zero-order valence-corrected chi connectivity index (χ0v) is 13.0. The van der Waals surface area contributed by atoms with Gasteiger partial charge in [-0.25, -0.2) is 0 Å². The molecule has 0 bridgehead atoms. The van der Waals surface area contributed by atoms with Gasteiger partial charge in [0.15, 0.2) is 8.32 Å². The molecule has 2 nitrogen and oxygen atoms in total. The minimum Gasteiger partial charge on any atom is -0.436 e. The Hall–Kier alpha value is 1.15. The van der Waals surface area contributed by atoms with Crippen molar-refractivity contribution in [2.24, 2.45) is 0 Å². The van der Waals surface area contributed by atoms with E-state index < -0.39 is 16.9 Å². The second-order valence-corrected chi connectivity index (χ2v) is 14.2. The van der Waals surface area contributed by atoms with Gasteiger partial charge in [0.25, 0.3) is 0 Å². The molecule has 0 aromatic carbocycles. The second kappa shape index (κ2) is 5.89. The summed E-state index contributed by atoms with van der Waals surface area (Å²) in [6.45, 7) is 8.27. The van der Waals surface area contributed by atoms with Gasteiger partial charge < -0.3 is 8.23 Å². The molecule has 0 aliphatic rings. The zero-order chi connectivity index (χ0) is 10.5. The molecule has 7 heteroatoms. The largest absolute Gasteiger partial charge is 0.436 e. The predicted molar refractivity (Wildman–Crippen MR) is 64.3 cm³/mol. The average molecular weight is 275 g/mol. The van der Waals surface area contributed by atoms with Gasteiger partial charge >= 0.3 is 8.56 Å². The first kappa shape index (κ1) is 14.2. The summed E-state index contributed by atoms with van der Waals surface area (Å²) in [4.78, 5) is 0. The highest BCUT2D eigenvalue weighted by Crippen LogP contribution is 2.16. The number of alkyl halides is 2. The van der Waals surface area contributed by atoms with Gasteiger partial charge in [0.1, 0.15) is 0 Å². The van der Waals surface area contributed by atoms with Crippen LogP contribution in [0.15, 0.2) is 0 Å². The van der Waals surface area contributed by atoms with E-state index in [1.165, 1.54) is 0 Å². The van der Waals surface area contributed by atoms with Crippen molar-refractivity contribution in [3.8, 4) is 0 Å². The third kappa shape index (κ3) is 7.12. The van der Waals surface area contributed by atoms with Crippen molar-refractivity contribution in [3.63, 3.8) is 0 Å². The van der Waals surface area contributed by atoms with Gasteiger partial charge in [0, 0.05) is 11.0 Å². The van der Waals surface area contributed by atoms with Crippen molar-refractivity contribution in [2.45, 2.75) is 26.2 Å². The fraction of sp³-hybridized carbons (Fsp3) is 1.00. The lowest BCUT2D eigenvalue weighted by atomic mass is 11.8. The Morgan fingerprint density at radius 3 is 2.08 bits per heavy atom. The molecule has 0 atom stereocenters. The molecule has 0 aromatic rings. The highest BCUT2D eigenvalue weighted by Gasteiger charge is 2.33. The highest BCUT2D eigenvalue weighted by atomic mass is 35.5. The standard InChI is InChI=1S/C6H16Cl2O2Si3/c1-12(2,6-8)10-13(3,4)9-11-5-7/h5-6H2,1-4H3. The predicted octanol–water partition coefficient (Wildman–Crippen LogP) is 2.52. The summed E-state index contributed by atoms with van der Waals surface area (Å²) in [5.41, 5.74) is 1.15. The Balaban J connectivity index is 4.00. The van der Waals surface area contributed by atoms with Gasteiger partial charge in [-0.15, -0.1) is 23.2 Å².